The van der Waals surface area contributed by atoms with Gasteiger partial charge in [0.1, 0.15) is 0 Å². The van der Waals surface area contributed by atoms with E-state index in [0.29, 0.717) is 17.2 Å². The van der Waals surface area contributed by atoms with Gasteiger partial charge in [0.25, 0.3) is 5.91 Å². The van der Waals surface area contributed by atoms with Crippen molar-refractivity contribution in [2.24, 2.45) is 5.92 Å². The van der Waals surface area contributed by atoms with Gasteiger partial charge < -0.3 is 20.9 Å². The van der Waals surface area contributed by atoms with Crippen LogP contribution in [0.15, 0.2) is 18.2 Å². The van der Waals surface area contributed by atoms with Crippen molar-refractivity contribution in [3.05, 3.63) is 23.8 Å². The Labute approximate surface area is 127 Å². The second kappa shape index (κ2) is 6.80. The standard InChI is InChI=1S/C16H26N4O/c1-19(2)15-5-4-13(10-14(15)17)16(21)18-11-12-6-8-20(3)9-7-12/h4-5,10,12H,6-9,11,17H2,1-3H3,(H,18,21). The zero-order valence-electron chi connectivity index (χ0n) is 13.2. The molecule has 1 heterocycles. The van der Waals surface area contributed by atoms with Crippen LogP contribution in [0.1, 0.15) is 23.2 Å². The van der Waals surface area contributed by atoms with Crippen LogP contribution in [-0.2, 0) is 0 Å². The lowest BCUT2D eigenvalue weighted by Gasteiger charge is -2.28. The number of likely N-dealkylation sites (tertiary alicyclic amines) is 1. The summed E-state index contributed by atoms with van der Waals surface area (Å²) in [6.07, 6.45) is 2.30. The quantitative estimate of drug-likeness (QED) is 0.823. The molecule has 5 nitrogen and oxygen atoms in total. The minimum atomic E-state index is -0.0362. The number of carbonyl (C=O) groups is 1. The first-order valence-corrected chi connectivity index (χ1v) is 7.51. The second-order valence-corrected chi connectivity index (χ2v) is 6.12. The molecule has 5 heteroatoms. The third kappa shape index (κ3) is 4.11. The molecule has 3 N–H and O–H groups in total. The molecule has 0 unspecified atom stereocenters. The smallest absolute Gasteiger partial charge is 0.251 e. The molecular formula is C16H26N4O. The lowest BCUT2D eigenvalue weighted by Crippen LogP contribution is -2.36. The summed E-state index contributed by atoms with van der Waals surface area (Å²) in [7, 11) is 6.01. The van der Waals surface area contributed by atoms with Gasteiger partial charge in [-0.3, -0.25) is 4.79 Å². The Hall–Kier alpha value is -1.75. The van der Waals surface area contributed by atoms with Crippen LogP contribution in [0.5, 0.6) is 0 Å². The van der Waals surface area contributed by atoms with E-state index in [2.05, 4.69) is 17.3 Å². The largest absolute Gasteiger partial charge is 0.397 e. The number of anilines is 2. The molecule has 1 saturated heterocycles. The zero-order valence-corrected chi connectivity index (χ0v) is 13.2. The van der Waals surface area contributed by atoms with Crippen molar-refractivity contribution >= 4 is 17.3 Å². The fourth-order valence-electron chi connectivity index (χ4n) is 2.71. The van der Waals surface area contributed by atoms with Gasteiger partial charge in [-0.15, -0.1) is 0 Å². The first-order chi connectivity index (χ1) is 9.97. The average molecular weight is 290 g/mol. The van der Waals surface area contributed by atoms with Crippen molar-refractivity contribution in [1.29, 1.82) is 0 Å². The van der Waals surface area contributed by atoms with Crippen molar-refractivity contribution in [2.45, 2.75) is 12.8 Å². The molecule has 116 valence electrons. The summed E-state index contributed by atoms with van der Waals surface area (Å²) in [5, 5.41) is 3.03. The van der Waals surface area contributed by atoms with Crippen LogP contribution in [0.3, 0.4) is 0 Å². The summed E-state index contributed by atoms with van der Waals surface area (Å²) in [5.41, 5.74) is 8.18. The number of nitrogen functional groups attached to an aromatic ring is 1. The van der Waals surface area contributed by atoms with Crippen LogP contribution in [0.25, 0.3) is 0 Å². The third-order valence-corrected chi connectivity index (χ3v) is 4.16. The molecule has 0 aliphatic carbocycles. The fraction of sp³-hybridized carbons (Fsp3) is 0.562. The van der Waals surface area contributed by atoms with Crippen LogP contribution in [0, 0.1) is 5.92 Å². The summed E-state index contributed by atoms with van der Waals surface area (Å²) in [6, 6.07) is 5.47. The van der Waals surface area contributed by atoms with Crippen LogP contribution < -0.4 is 16.0 Å². The van der Waals surface area contributed by atoms with Gasteiger partial charge >= 0.3 is 0 Å². The molecule has 0 atom stereocenters. The number of carbonyl (C=O) groups excluding carboxylic acids is 1. The third-order valence-electron chi connectivity index (χ3n) is 4.16. The Kier molecular flexibility index (Phi) is 5.07. The molecule has 1 aliphatic heterocycles. The maximum absolute atomic E-state index is 12.2. The Bertz CT molecular complexity index is 493. The molecule has 0 spiro atoms. The Morgan fingerprint density at radius 3 is 2.62 bits per heavy atom. The number of hydrogen-bond donors (Lipinski definition) is 2. The zero-order chi connectivity index (χ0) is 15.4. The van der Waals surface area contributed by atoms with Crippen LogP contribution in [-0.4, -0.2) is 51.6 Å². The average Bonchev–Trinajstić information content (AvgIpc) is 2.45. The second-order valence-electron chi connectivity index (χ2n) is 6.12. The number of nitrogens with two attached hydrogens (primary N) is 1. The molecule has 1 aliphatic rings. The lowest BCUT2D eigenvalue weighted by atomic mass is 9.97. The maximum atomic E-state index is 12.2. The van der Waals surface area contributed by atoms with Crippen molar-refractivity contribution in [1.82, 2.24) is 10.2 Å². The van der Waals surface area contributed by atoms with E-state index in [4.69, 9.17) is 5.73 Å². The molecule has 0 radical (unpaired) electrons. The summed E-state index contributed by atoms with van der Waals surface area (Å²) in [5.74, 6) is 0.550. The van der Waals surface area contributed by atoms with Gasteiger partial charge in [0.15, 0.2) is 0 Å². The molecule has 1 aromatic rings. The van der Waals surface area contributed by atoms with Crippen molar-refractivity contribution in [3.63, 3.8) is 0 Å². The van der Waals surface area contributed by atoms with E-state index in [1.807, 2.05) is 31.1 Å². The normalized spacial score (nSPS) is 16.7. The number of hydrogen-bond acceptors (Lipinski definition) is 4. The molecule has 0 aromatic heterocycles. The van der Waals surface area contributed by atoms with E-state index in [1.165, 1.54) is 0 Å². The Balaban J connectivity index is 1.90. The summed E-state index contributed by atoms with van der Waals surface area (Å²) in [4.78, 5) is 16.5. The molecule has 0 bridgehead atoms. The summed E-state index contributed by atoms with van der Waals surface area (Å²) in [6.45, 7) is 2.98. The SMILES string of the molecule is CN1CCC(CNC(=O)c2ccc(N(C)C)c(N)c2)CC1. The van der Waals surface area contributed by atoms with E-state index < -0.39 is 0 Å². The van der Waals surface area contributed by atoms with Gasteiger partial charge in [-0.25, -0.2) is 0 Å². The molecule has 0 saturated carbocycles. The van der Waals surface area contributed by atoms with Crippen LogP contribution in [0.2, 0.25) is 0 Å². The van der Waals surface area contributed by atoms with Gasteiger partial charge in [0, 0.05) is 26.2 Å². The van der Waals surface area contributed by atoms with Gasteiger partial charge in [0.05, 0.1) is 11.4 Å². The Morgan fingerprint density at radius 1 is 1.38 bits per heavy atom. The van der Waals surface area contributed by atoms with E-state index >= 15 is 0 Å². The highest BCUT2D eigenvalue weighted by Crippen LogP contribution is 2.22. The molecule has 1 aromatic carbocycles. The molecule has 21 heavy (non-hydrogen) atoms. The number of nitrogens with zero attached hydrogens (tertiary/aromatic N) is 2. The number of rotatable bonds is 4. The van der Waals surface area contributed by atoms with Gasteiger partial charge in [-0.2, -0.15) is 0 Å². The van der Waals surface area contributed by atoms with Crippen LogP contribution >= 0.6 is 0 Å². The molecule has 1 amide bonds. The first-order valence-electron chi connectivity index (χ1n) is 7.51. The number of amides is 1. The number of nitrogens with one attached hydrogen (secondary N) is 1. The predicted molar refractivity (Wildman–Crippen MR) is 87.7 cm³/mol. The number of piperidine rings is 1. The fourth-order valence-corrected chi connectivity index (χ4v) is 2.71. The van der Waals surface area contributed by atoms with E-state index in [9.17, 15) is 4.79 Å². The highest BCUT2D eigenvalue weighted by atomic mass is 16.1. The highest BCUT2D eigenvalue weighted by molar-refractivity contribution is 5.96. The van der Waals surface area contributed by atoms with Crippen LogP contribution in [0.4, 0.5) is 11.4 Å². The summed E-state index contributed by atoms with van der Waals surface area (Å²) >= 11 is 0. The molecule has 1 fully saturated rings. The van der Waals surface area contributed by atoms with Crippen molar-refractivity contribution in [2.75, 3.05) is 51.4 Å². The van der Waals surface area contributed by atoms with Crippen molar-refractivity contribution in [3.8, 4) is 0 Å². The molecular weight excluding hydrogens is 264 g/mol. The topological polar surface area (TPSA) is 61.6 Å². The molecule has 2 rings (SSSR count). The van der Waals surface area contributed by atoms with Crippen molar-refractivity contribution < 1.29 is 4.79 Å². The van der Waals surface area contributed by atoms with Gasteiger partial charge in [0.2, 0.25) is 0 Å². The Morgan fingerprint density at radius 2 is 2.05 bits per heavy atom. The van der Waals surface area contributed by atoms with Gasteiger partial charge in [-0.1, -0.05) is 0 Å². The predicted octanol–water partition coefficient (Wildman–Crippen LogP) is 1.41. The summed E-state index contributed by atoms with van der Waals surface area (Å²) < 4.78 is 0. The van der Waals surface area contributed by atoms with E-state index in [1.54, 1.807) is 6.07 Å². The minimum Gasteiger partial charge on any atom is -0.397 e. The lowest BCUT2D eigenvalue weighted by molar-refractivity contribution is 0.0939. The van der Waals surface area contributed by atoms with Gasteiger partial charge in [-0.05, 0) is 57.1 Å². The minimum absolute atomic E-state index is 0.0362. The maximum Gasteiger partial charge on any atom is 0.251 e. The highest BCUT2D eigenvalue weighted by Gasteiger charge is 2.17. The first kappa shape index (κ1) is 15.6. The van der Waals surface area contributed by atoms with E-state index in [-0.39, 0.29) is 5.91 Å². The monoisotopic (exact) mass is 290 g/mol. The number of benzene rings is 1. The van der Waals surface area contributed by atoms with E-state index in [0.717, 1.165) is 38.2 Å².